The molecule has 4 heteroatoms. The van der Waals surface area contributed by atoms with Crippen LogP contribution in [0.4, 0.5) is 5.69 Å². The Hall–Kier alpha value is -1.71. The number of aryl methyl sites for hydroxylation is 2. The number of nitrogens with zero attached hydrogens (tertiary/aromatic N) is 2. The van der Waals surface area contributed by atoms with E-state index >= 15 is 0 Å². The van der Waals surface area contributed by atoms with Gasteiger partial charge in [-0.3, -0.25) is 4.68 Å². The predicted octanol–water partition coefficient (Wildman–Crippen LogP) is 1.93. The van der Waals surface area contributed by atoms with E-state index in [9.17, 15) is 0 Å². The standard InChI is InChI=1S/C10H13N3O/c1-8-3-4-14-10(8)6-11-9-5-12-13(2)7-9/h3-5,7,11H,6H2,1-2H3. The van der Waals surface area contributed by atoms with Gasteiger partial charge in [-0.2, -0.15) is 5.10 Å². The van der Waals surface area contributed by atoms with Crippen molar-refractivity contribution in [2.45, 2.75) is 13.5 Å². The lowest BCUT2D eigenvalue weighted by Crippen LogP contribution is -1.98. The van der Waals surface area contributed by atoms with Crippen LogP contribution in [0.2, 0.25) is 0 Å². The van der Waals surface area contributed by atoms with Gasteiger partial charge in [0.05, 0.1) is 24.7 Å². The number of rotatable bonds is 3. The topological polar surface area (TPSA) is 43.0 Å². The van der Waals surface area contributed by atoms with Gasteiger partial charge in [-0.1, -0.05) is 0 Å². The van der Waals surface area contributed by atoms with Crippen molar-refractivity contribution in [3.05, 3.63) is 36.0 Å². The maximum atomic E-state index is 5.30. The summed E-state index contributed by atoms with van der Waals surface area (Å²) >= 11 is 0. The Balaban J connectivity index is 1.98. The minimum absolute atomic E-state index is 0.699. The van der Waals surface area contributed by atoms with Crippen LogP contribution < -0.4 is 5.32 Å². The molecule has 0 atom stereocenters. The third-order valence-corrected chi connectivity index (χ3v) is 2.13. The summed E-state index contributed by atoms with van der Waals surface area (Å²) in [6.07, 6.45) is 5.42. The van der Waals surface area contributed by atoms with E-state index < -0.39 is 0 Å². The van der Waals surface area contributed by atoms with Crippen molar-refractivity contribution in [3.8, 4) is 0 Å². The molecule has 0 bridgehead atoms. The van der Waals surface area contributed by atoms with Crippen LogP contribution in [0.1, 0.15) is 11.3 Å². The number of nitrogens with one attached hydrogen (secondary N) is 1. The average Bonchev–Trinajstić information content (AvgIpc) is 2.72. The zero-order chi connectivity index (χ0) is 9.97. The molecule has 4 nitrogen and oxygen atoms in total. The van der Waals surface area contributed by atoms with Gasteiger partial charge in [-0.05, 0) is 18.6 Å². The third kappa shape index (κ3) is 1.79. The SMILES string of the molecule is Cc1ccoc1CNc1cnn(C)c1. The van der Waals surface area contributed by atoms with Gasteiger partial charge in [-0.15, -0.1) is 0 Å². The molecule has 0 spiro atoms. The Morgan fingerprint density at radius 3 is 3.00 bits per heavy atom. The summed E-state index contributed by atoms with van der Waals surface area (Å²) in [4.78, 5) is 0. The largest absolute Gasteiger partial charge is 0.467 e. The molecule has 1 N–H and O–H groups in total. The van der Waals surface area contributed by atoms with Gasteiger partial charge in [0.25, 0.3) is 0 Å². The van der Waals surface area contributed by atoms with E-state index in [0.29, 0.717) is 6.54 Å². The molecule has 14 heavy (non-hydrogen) atoms. The van der Waals surface area contributed by atoms with Gasteiger partial charge in [0.15, 0.2) is 0 Å². The lowest BCUT2D eigenvalue weighted by molar-refractivity contribution is 0.515. The lowest BCUT2D eigenvalue weighted by atomic mass is 10.3. The number of hydrogen-bond acceptors (Lipinski definition) is 3. The first-order valence-corrected chi connectivity index (χ1v) is 4.51. The summed E-state index contributed by atoms with van der Waals surface area (Å²) in [5, 5.41) is 7.29. The Kier molecular flexibility index (Phi) is 2.26. The van der Waals surface area contributed by atoms with Gasteiger partial charge in [0.2, 0.25) is 0 Å². The van der Waals surface area contributed by atoms with Crippen molar-refractivity contribution in [2.24, 2.45) is 7.05 Å². The first kappa shape index (κ1) is 8.87. The maximum Gasteiger partial charge on any atom is 0.125 e. The van der Waals surface area contributed by atoms with Crippen LogP contribution in [0.25, 0.3) is 0 Å². The highest BCUT2D eigenvalue weighted by molar-refractivity contribution is 5.38. The predicted molar refractivity (Wildman–Crippen MR) is 54.0 cm³/mol. The quantitative estimate of drug-likeness (QED) is 0.806. The fourth-order valence-electron chi connectivity index (χ4n) is 1.28. The Bertz CT molecular complexity index is 416. The highest BCUT2D eigenvalue weighted by atomic mass is 16.3. The van der Waals surface area contributed by atoms with Crippen LogP contribution in [0.3, 0.4) is 0 Å². The van der Waals surface area contributed by atoms with E-state index in [-0.39, 0.29) is 0 Å². The summed E-state index contributed by atoms with van der Waals surface area (Å²) < 4.78 is 7.06. The Morgan fingerprint density at radius 2 is 2.43 bits per heavy atom. The molecule has 0 amide bonds. The summed E-state index contributed by atoms with van der Waals surface area (Å²) in [5.41, 5.74) is 2.17. The van der Waals surface area contributed by atoms with E-state index in [2.05, 4.69) is 10.4 Å². The van der Waals surface area contributed by atoms with Crippen molar-refractivity contribution in [2.75, 3.05) is 5.32 Å². The van der Waals surface area contributed by atoms with Gasteiger partial charge in [0.1, 0.15) is 5.76 Å². The van der Waals surface area contributed by atoms with Crippen LogP contribution in [-0.2, 0) is 13.6 Å². The van der Waals surface area contributed by atoms with Crippen LogP contribution in [0, 0.1) is 6.92 Å². The smallest absolute Gasteiger partial charge is 0.125 e. The van der Waals surface area contributed by atoms with E-state index in [1.807, 2.05) is 26.2 Å². The first-order chi connectivity index (χ1) is 6.75. The van der Waals surface area contributed by atoms with E-state index in [0.717, 1.165) is 11.4 Å². The van der Waals surface area contributed by atoms with Crippen LogP contribution in [-0.4, -0.2) is 9.78 Å². The minimum Gasteiger partial charge on any atom is -0.467 e. The first-order valence-electron chi connectivity index (χ1n) is 4.51. The van der Waals surface area contributed by atoms with Crippen LogP contribution in [0.5, 0.6) is 0 Å². The molecule has 2 heterocycles. The molecule has 0 aliphatic heterocycles. The lowest BCUT2D eigenvalue weighted by Gasteiger charge is -2.00. The molecule has 74 valence electrons. The van der Waals surface area contributed by atoms with Gasteiger partial charge < -0.3 is 9.73 Å². The van der Waals surface area contributed by atoms with E-state index in [4.69, 9.17) is 4.42 Å². The zero-order valence-corrected chi connectivity index (χ0v) is 8.32. The van der Waals surface area contributed by atoms with E-state index in [1.165, 1.54) is 5.56 Å². The zero-order valence-electron chi connectivity index (χ0n) is 8.32. The van der Waals surface area contributed by atoms with Crippen molar-refractivity contribution in [1.29, 1.82) is 0 Å². The van der Waals surface area contributed by atoms with Gasteiger partial charge in [-0.25, -0.2) is 0 Å². The molecule has 0 unspecified atom stereocenters. The number of aromatic nitrogens is 2. The van der Waals surface area contributed by atoms with Crippen molar-refractivity contribution in [1.82, 2.24) is 9.78 Å². The molecule has 2 aromatic heterocycles. The van der Waals surface area contributed by atoms with Crippen LogP contribution >= 0.6 is 0 Å². The molecule has 2 aromatic rings. The molecular formula is C10H13N3O. The van der Waals surface area contributed by atoms with Crippen molar-refractivity contribution >= 4 is 5.69 Å². The van der Waals surface area contributed by atoms with Crippen molar-refractivity contribution in [3.63, 3.8) is 0 Å². The Morgan fingerprint density at radius 1 is 1.57 bits per heavy atom. The van der Waals surface area contributed by atoms with Crippen LogP contribution in [0.15, 0.2) is 29.1 Å². The Labute approximate surface area is 82.5 Å². The molecule has 0 fully saturated rings. The number of anilines is 1. The summed E-state index contributed by atoms with van der Waals surface area (Å²) in [5.74, 6) is 0.967. The summed E-state index contributed by atoms with van der Waals surface area (Å²) in [6.45, 7) is 2.73. The normalized spacial score (nSPS) is 10.4. The molecule has 2 rings (SSSR count). The fraction of sp³-hybridized carbons (Fsp3) is 0.300. The molecule has 0 radical (unpaired) electrons. The second kappa shape index (κ2) is 3.57. The second-order valence-electron chi connectivity index (χ2n) is 3.28. The minimum atomic E-state index is 0.699. The second-order valence-corrected chi connectivity index (χ2v) is 3.28. The highest BCUT2D eigenvalue weighted by Gasteiger charge is 2.01. The third-order valence-electron chi connectivity index (χ3n) is 2.13. The molecule has 0 saturated heterocycles. The highest BCUT2D eigenvalue weighted by Crippen LogP contribution is 2.11. The molecule has 0 saturated carbocycles. The summed E-state index contributed by atoms with van der Waals surface area (Å²) in [7, 11) is 1.89. The molecule has 0 aliphatic carbocycles. The maximum absolute atomic E-state index is 5.30. The van der Waals surface area contributed by atoms with Crippen molar-refractivity contribution < 1.29 is 4.42 Å². The van der Waals surface area contributed by atoms with Gasteiger partial charge >= 0.3 is 0 Å². The molecule has 0 aromatic carbocycles. The fourth-order valence-corrected chi connectivity index (χ4v) is 1.28. The number of furan rings is 1. The van der Waals surface area contributed by atoms with E-state index in [1.54, 1.807) is 17.1 Å². The summed E-state index contributed by atoms with van der Waals surface area (Å²) in [6, 6.07) is 1.96. The molecular weight excluding hydrogens is 178 g/mol. The molecule has 0 aliphatic rings. The number of hydrogen-bond donors (Lipinski definition) is 1. The van der Waals surface area contributed by atoms with Gasteiger partial charge in [0, 0.05) is 13.2 Å². The average molecular weight is 191 g/mol. The monoisotopic (exact) mass is 191 g/mol.